The average molecular weight is 399 g/mol. The lowest BCUT2D eigenvalue weighted by molar-refractivity contribution is 0.124. The first-order chi connectivity index (χ1) is 12.6. The lowest BCUT2D eigenvalue weighted by atomic mass is 10.1. The van der Waals surface area contributed by atoms with Crippen LogP contribution >= 0.6 is 12.4 Å². The van der Waals surface area contributed by atoms with Gasteiger partial charge in [0.05, 0.1) is 13.7 Å². The Bertz CT molecular complexity index is 770. The predicted molar refractivity (Wildman–Crippen MR) is 99.8 cm³/mol. The molecule has 1 saturated heterocycles. The van der Waals surface area contributed by atoms with Crippen molar-refractivity contribution in [3.05, 3.63) is 24.1 Å². The maximum absolute atomic E-state index is 11.1. The fourth-order valence-corrected chi connectivity index (χ4v) is 2.84. The zero-order valence-corrected chi connectivity index (χ0v) is 16.0. The average Bonchev–Trinajstić information content (AvgIpc) is 3.08. The molecule has 1 aliphatic rings. The molecule has 0 saturated carbocycles. The molecule has 1 atom stereocenters. The van der Waals surface area contributed by atoms with Crippen LogP contribution < -0.4 is 14.8 Å². The number of nitrogens with zero attached hydrogens (tertiary/aromatic N) is 3. The minimum atomic E-state index is -0.887. The number of nitrogens with one attached hydrogen (secondary N) is 1. The van der Waals surface area contributed by atoms with Gasteiger partial charge in [0.2, 0.25) is 11.8 Å². The Morgan fingerprint density at radius 1 is 1.41 bits per heavy atom. The summed E-state index contributed by atoms with van der Waals surface area (Å²) in [6.07, 6.45) is -0.210. The molecule has 1 fully saturated rings. The molecule has 9 nitrogen and oxygen atoms in total. The van der Waals surface area contributed by atoms with Gasteiger partial charge in [-0.2, -0.15) is 0 Å². The summed E-state index contributed by atoms with van der Waals surface area (Å²) < 4.78 is 16.7. The van der Waals surface area contributed by atoms with Crippen LogP contribution in [0.3, 0.4) is 0 Å². The van der Waals surface area contributed by atoms with E-state index in [9.17, 15) is 4.79 Å². The second-order valence-electron chi connectivity index (χ2n) is 6.01. The SMILES string of the molecule is COc1ccc(-c2nnc(C)o2)cc1OCC[C@@H]1CN(C(=O)O)CCN1.Cl. The first-order valence-corrected chi connectivity index (χ1v) is 8.39. The van der Waals surface area contributed by atoms with Crippen LogP contribution in [0.1, 0.15) is 12.3 Å². The third-order valence-electron chi connectivity index (χ3n) is 4.19. The number of amides is 1. The molecule has 1 aromatic heterocycles. The number of methoxy groups -OCH3 is 1. The topological polar surface area (TPSA) is 110 Å². The molecule has 2 N–H and O–H groups in total. The second-order valence-corrected chi connectivity index (χ2v) is 6.01. The van der Waals surface area contributed by atoms with Gasteiger partial charge in [-0.25, -0.2) is 4.79 Å². The van der Waals surface area contributed by atoms with Crippen LogP contribution in [0.5, 0.6) is 11.5 Å². The molecule has 0 aliphatic carbocycles. The molecule has 148 valence electrons. The Morgan fingerprint density at radius 2 is 2.22 bits per heavy atom. The molecule has 2 heterocycles. The van der Waals surface area contributed by atoms with Crippen molar-refractivity contribution in [2.75, 3.05) is 33.4 Å². The Balaban J connectivity index is 0.00000261. The minimum Gasteiger partial charge on any atom is -0.493 e. The van der Waals surface area contributed by atoms with Gasteiger partial charge in [0.15, 0.2) is 11.5 Å². The fourth-order valence-electron chi connectivity index (χ4n) is 2.84. The summed E-state index contributed by atoms with van der Waals surface area (Å²) in [6, 6.07) is 5.47. The van der Waals surface area contributed by atoms with Crippen LogP contribution in [0.25, 0.3) is 11.5 Å². The van der Waals surface area contributed by atoms with Gasteiger partial charge in [0.1, 0.15) is 0 Å². The number of carbonyl (C=O) groups is 1. The third-order valence-corrected chi connectivity index (χ3v) is 4.19. The van der Waals surface area contributed by atoms with Crippen LogP contribution in [0.15, 0.2) is 22.6 Å². The summed E-state index contributed by atoms with van der Waals surface area (Å²) in [5, 5.41) is 20.2. The highest BCUT2D eigenvalue weighted by molar-refractivity contribution is 5.85. The van der Waals surface area contributed by atoms with Crippen molar-refractivity contribution in [3.8, 4) is 23.0 Å². The molecule has 1 aliphatic heterocycles. The fraction of sp³-hybridized carbons (Fsp3) is 0.471. The molecule has 1 amide bonds. The lowest BCUT2D eigenvalue weighted by Crippen LogP contribution is -2.52. The summed E-state index contributed by atoms with van der Waals surface area (Å²) >= 11 is 0. The summed E-state index contributed by atoms with van der Waals surface area (Å²) in [4.78, 5) is 12.5. The molecule has 0 spiro atoms. The van der Waals surface area contributed by atoms with Crippen molar-refractivity contribution in [2.24, 2.45) is 0 Å². The number of halogens is 1. The molecule has 10 heteroatoms. The van der Waals surface area contributed by atoms with Crippen molar-refractivity contribution in [1.29, 1.82) is 0 Å². The summed E-state index contributed by atoms with van der Waals surface area (Å²) in [5.41, 5.74) is 0.745. The molecular formula is C17H23ClN4O5. The Morgan fingerprint density at radius 3 is 2.89 bits per heavy atom. The third kappa shape index (κ3) is 5.24. The Labute approximate surface area is 163 Å². The van der Waals surface area contributed by atoms with Crippen LogP contribution in [0.4, 0.5) is 4.79 Å². The number of piperazine rings is 1. The van der Waals surface area contributed by atoms with Crippen LogP contribution in [0, 0.1) is 6.92 Å². The Kier molecular flexibility index (Phi) is 7.26. The van der Waals surface area contributed by atoms with Gasteiger partial charge in [0, 0.05) is 38.2 Å². The van der Waals surface area contributed by atoms with E-state index in [4.69, 9.17) is 19.0 Å². The highest BCUT2D eigenvalue weighted by Gasteiger charge is 2.22. The molecule has 0 radical (unpaired) electrons. The predicted octanol–water partition coefficient (Wildman–Crippen LogP) is 2.20. The number of ether oxygens (including phenoxy) is 2. The van der Waals surface area contributed by atoms with E-state index in [1.807, 2.05) is 6.07 Å². The van der Waals surface area contributed by atoms with Gasteiger partial charge < -0.3 is 29.2 Å². The van der Waals surface area contributed by atoms with E-state index in [2.05, 4.69) is 15.5 Å². The van der Waals surface area contributed by atoms with Gasteiger partial charge in [-0.05, 0) is 24.6 Å². The molecular weight excluding hydrogens is 376 g/mol. The van der Waals surface area contributed by atoms with E-state index < -0.39 is 6.09 Å². The molecule has 3 rings (SSSR count). The maximum atomic E-state index is 11.1. The normalized spacial score (nSPS) is 16.5. The molecule has 2 aromatic rings. The quantitative estimate of drug-likeness (QED) is 0.762. The first-order valence-electron chi connectivity index (χ1n) is 8.39. The number of hydrogen-bond donors (Lipinski definition) is 2. The standard InChI is InChI=1S/C17H22N4O5.ClH/c1-11-19-20-16(26-11)12-3-4-14(24-2)15(9-12)25-8-5-13-10-21(17(22)23)7-6-18-13;/h3-4,9,13,18H,5-8,10H2,1-2H3,(H,22,23);1H/t13-;/m1./s1. The molecule has 27 heavy (non-hydrogen) atoms. The van der Waals surface area contributed by atoms with Crippen molar-refractivity contribution < 1.29 is 23.8 Å². The zero-order valence-electron chi connectivity index (χ0n) is 15.2. The van der Waals surface area contributed by atoms with Gasteiger partial charge in [-0.1, -0.05) is 0 Å². The Hall–Kier alpha value is -2.52. The maximum Gasteiger partial charge on any atom is 0.407 e. The first kappa shape index (κ1) is 20.8. The number of hydrogen-bond acceptors (Lipinski definition) is 7. The van der Waals surface area contributed by atoms with Crippen LogP contribution in [-0.2, 0) is 0 Å². The summed E-state index contributed by atoms with van der Waals surface area (Å²) in [7, 11) is 1.58. The monoisotopic (exact) mass is 398 g/mol. The van der Waals surface area contributed by atoms with E-state index in [1.165, 1.54) is 4.90 Å². The highest BCUT2D eigenvalue weighted by Crippen LogP contribution is 2.32. The van der Waals surface area contributed by atoms with E-state index in [1.54, 1.807) is 26.2 Å². The van der Waals surface area contributed by atoms with Gasteiger partial charge in [-0.15, -0.1) is 22.6 Å². The van der Waals surface area contributed by atoms with Crippen molar-refractivity contribution in [1.82, 2.24) is 20.4 Å². The largest absolute Gasteiger partial charge is 0.493 e. The van der Waals surface area contributed by atoms with Crippen molar-refractivity contribution in [3.63, 3.8) is 0 Å². The van der Waals surface area contributed by atoms with E-state index in [-0.39, 0.29) is 18.4 Å². The highest BCUT2D eigenvalue weighted by atomic mass is 35.5. The van der Waals surface area contributed by atoms with Crippen LogP contribution in [-0.4, -0.2) is 65.7 Å². The van der Waals surface area contributed by atoms with Gasteiger partial charge >= 0.3 is 6.09 Å². The van der Waals surface area contributed by atoms with Gasteiger partial charge in [-0.3, -0.25) is 0 Å². The molecule has 0 bridgehead atoms. The van der Waals surface area contributed by atoms with Gasteiger partial charge in [0.25, 0.3) is 0 Å². The second kappa shape index (κ2) is 9.43. The van der Waals surface area contributed by atoms with E-state index >= 15 is 0 Å². The van der Waals surface area contributed by atoms with Crippen molar-refractivity contribution in [2.45, 2.75) is 19.4 Å². The van der Waals surface area contributed by atoms with Crippen LogP contribution in [0.2, 0.25) is 0 Å². The number of rotatable bonds is 6. The smallest absolute Gasteiger partial charge is 0.407 e. The van der Waals surface area contributed by atoms with Crippen molar-refractivity contribution >= 4 is 18.5 Å². The zero-order chi connectivity index (χ0) is 18.5. The minimum absolute atomic E-state index is 0. The van der Waals surface area contributed by atoms with E-state index in [0.29, 0.717) is 55.9 Å². The number of benzene rings is 1. The number of aromatic nitrogens is 2. The summed E-state index contributed by atoms with van der Waals surface area (Å²) in [6.45, 7) is 3.76. The number of carboxylic acid groups (broad SMARTS) is 1. The summed E-state index contributed by atoms with van der Waals surface area (Å²) in [5.74, 6) is 2.09. The lowest BCUT2D eigenvalue weighted by Gasteiger charge is -2.31. The molecule has 1 aromatic carbocycles. The number of aryl methyl sites for hydroxylation is 1. The van der Waals surface area contributed by atoms with E-state index in [0.717, 1.165) is 5.56 Å². The molecule has 0 unspecified atom stereocenters.